The fourth-order valence-corrected chi connectivity index (χ4v) is 4.57. The molecule has 1 aromatic rings. The SMILES string of the molecule is CN1C2CCC1CC(C(O)c1ccc(Cl)s1)C2. The van der Waals surface area contributed by atoms with E-state index in [-0.39, 0.29) is 6.10 Å². The summed E-state index contributed by atoms with van der Waals surface area (Å²) in [7, 11) is 2.23. The molecule has 2 aliphatic heterocycles. The average Bonchev–Trinajstić information content (AvgIpc) is 2.79. The Labute approximate surface area is 111 Å². The number of hydrogen-bond donors (Lipinski definition) is 1. The lowest BCUT2D eigenvalue weighted by molar-refractivity contribution is 0.0376. The van der Waals surface area contributed by atoms with Crippen LogP contribution in [-0.2, 0) is 0 Å². The van der Waals surface area contributed by atoms with Gasteiger partial charge in [-0.05, 0) is 50.8 Å². The van der Waals surface area contributed by atoms with Crippen LogP contribution in [0, 0.1) is 5.92 Å². The lowest BCUT2D eigenvalue weighted by Gasteiger charge is -2.38. The second-order valence-electron chi connectivity index (χ2n) is 5.37. The fourth-order valence-electron chi connectivity index (χ4n) is 3.43. The second-order valence-corrected chi connectivity index (χ2v) is 7.12. The number of fused-ring (bicyclic) bond motifs is 2. The van der Waals surface area contributed by atoms with Crippen molar-refractivity contribution in [1.82, 2.24) is 4.90 Å². The zero-order chi connectivity index (χ0) is 12.0. The summed E-state index contributed by atoms with van der Waals surface area (Å²) in [6.07, 6.45) is 4.54. The summed E-state index contributed by atoms with van der Waals surface area (Å²) >= 11 is 7.45. The molecule has 4 heteroatoms. The number of rotatable bonds is 2. The van der Waals surface area contributed by atoms with Crippen molar-refractivity contribution in [2.45, 2.75) is 43.9 Å². The van der Waals surface area contributed by atoms with Crippen molar-refractivity contribution in [3.63, 3.8) is 0 Å². The van der Waals surface area contributed by atoms with Crippen molar-refractivity contribution in [3.05, 3.63) is 21.3 Å². The van der Waals surface area contributed by atoms with Gasteiger partial charge in [-0.1, -0.05) is 11.6 Å². The van der Waals surface area contributed by atoms with E-state index in [1.165, 1.54) is 24.2 Å². The van der Waals surface area contributed by atoms with E-state index in [9.17, 15) is 5.11 Å². The molecule has 2 bridgehead atoms. The molecule has 17 heavy (non-hydrogen) atoms. The van der Waals surface area contributed by atoms with Gasteiger partial charge in [-0.15, -0.1) is 11.3 Å². The van der Waals surface area contributed by atoms with Crippen LogP contribution in [0.4, 0.5) is 0 Å². The van der Waals surface area contributed by atoms with Gasteiger partial charge in [0.05, 0.1) is 10.4 Å². The third-order valence-electron chi connectivity index (χ3n) is 4.47. The topological polar surface area (TPSA) is 23.5 Å². The Morgan fingerprint density at radius 2 is 2.00 bits per heavy atom. The lowest BCUT2D eigenvalue weighted by Crippen LogP contribution is -2.41. The molecule has 0 saturated carbocycles. The van der Waals surface area contributed by atoms with Crippen LogP contribution in [0.5, 0.6) is 0 Å². The maximum atomic E-state index is 10.4. The number of piperidine rings is 1. The molecular weight excluding hydrogens is 254 g/mol. The summed E-state index contributed by atoms with van der Waals surface area (Å²) in [5.74, 6) is 0.415. The van der Waals surface area contributed by atoms with Crippen LogP contribution in [0.25, 0.3) is 0 Å². The molecule has 3 heterocycles. The molecule has 0 aliphatic carbocycles. The minimum atomic E-state index is -0.315. The molecular formula is C13H18ClNOS. The van der Waals surface area contributed by atoms with E-state index >= 15 is 0 Å². The molecule has 0 spiro atoms. The highest BCUT2D eigenvalue weighted by atomic mass is 35.5. The molecule has 0 radical (unpaired) electrons. The van der Waals surface area contributed by atoms with Crippen LogP contribution in [-0.4, -0.2) is 29.1 Å². The Hall–Kier alpha value is -0.0900. The zero-order valence-electron chi connectivity index (χ0n) is 9.97. The first-order valence-corrected chi connectivity index (χ1v) is 7.50. The highest BCUT2D eigenvalue weighted by Crippen LogP contribution is 2.43. The van der Waals surface area contributed by atoms with Gasteiger partial charge < -0.3 is 10.0 Å². The van der Waals surface area contributed by atoms with Gasteiger partial charge in [0, 0.05) is 17.0 Å². The van der Waals surface area contributed by atoms with Gasteiger partial charge in [0.2, 0.25) is 0 Å². The van der Waals surface area contributed by atoms with Crippen molar-refractivity contribution in [2.24, 2.45) is 5.92 Å². The Morgan fingerprint density at radius 3 is 2.53 bits per heavy atom. The first-order chi connectivity index (χ1) is 8.15. The molecule has 1 N–H and O–H groups in total. The van der Waals surface area contributed by atoms with Gasteiger partial charge in [0.15, 0.2) is 0 Å². The number of thiophene rings is 1. The largest absolute Gasteiger partial charge is 0.387 e. The number of hydrogen-bond acceptors (Lipinski definition) is 3. The molecule has 2 saturated heterocycles. The number of halogens is 1. The predicted molar refractivity (Wildman–Crippen MR) is 71.6 cm³/mol. The summed E-state index contributed by atoms with van der Waals surface area (Å²) in [6, 6.07) is 5.22. The summed E-state index contributed by atoms with van der Waals surface area (Å²) in [6.45, 7) is 0. The fraction of sp³-hybridized carbons (Fsp3) is 0.692. The second kappa shape index (κ2) is 4.54. The third kappa shape index (κ3) is 2.14. The summed E-state index contributed by atoms with van der Waals surface area (Å²) in [5, 5.41) is 10.4. The normalized spacial score (nSPS) is 35.1. The maximum Gasteiger partial charge on any atom is 0.0932 e. The molecule has 2 aliphatic rings. The van der Waals surface area contributed by atoms with E-state index in [4.69, 9.17) is 11.6 Å². The van der Waals surface area contributed by atoms with Crippen LogP contribution in [0.15, 0.2) is 12.1 Å². The predicted octanol–water partition coefficient (Wildman–Crippen LogP) is 3.31. The molecule has 2 nitrogen and oxygen atoms in total. The first kappa shape index (κ1) is 12.0. The van der Waals surface area contributed by atoms with E-state index in [0.717, 1.165) is 22.1 Å². The summed E-state index contributed by atoms with van der Waals surface area (Å²) in [5.41, 5.74) is 0. The quantitative estimate of drug-likeness (QED) is 0.892. The van der Waals surface area contributed by atoms with E-state index in [1.54, 1.807) is 0 Å². The van der Waals surface area contributed by atoms with E-state index < -0.39 is 0 Å². The van der Waals surface area contributed by atoms with Crippen LogP contribution < -0.4 is 0 Å². The Kier molecular flexibility index (Phi) is 3.20. The van der Waals surface area contributed by atoms with E-state index in [1.807, 2.05) is 12.1 Å². The molecule has 3 atom stereocenters. The van der Waals surface area contributed by atoms with E-state index in [0.29, 0.717) is 18.0 Å². The number of aliphatic hydroxyl groups is 1. The standard InChI is InChI=1S/C13H18ClNOS/c1-15-9-2-3-10(15)7-8(6-9)13(16)11-4-5-12(14)17-11/h4-5,8-10,13,16H,2-3,6-7H2,1H3. The zero-order valence-corrected chi connectivity index (χ0v) is 11.5. The minimum Gasteiger partial charge on any atom is -0.387 e. The van der Waals surface area contributed by atoms with Crippen LogP contribution in [0.3, 0.4) is 0 Å². The van der Waals surface area contributed by atoms with Crippen LogP contribution >= 0.6 is 22.9 Å². The van der Waals surface area contributed by atoms with Gasteiger partial charge in [-0.3, -0.25) is 0 Å². The molecule has 0 aromatic carbocycles. The van der Waals surface area contributed by atoms with Gasteiger partial charge in [0.25, 0.3) is 0 Å². The maximum absolute atomic E-state index is 10.4. The Morgan fingerprint density at radius 1 is 1.35 bits per heavy atom. The lowest BCUT2D eigenvalue weighted by atomic mass is 9.86. The number of aliphatic hydroxyl groups excluding tert-OH is 1. The van der Waals surface area contributed by atoms with Crippen molar-refractivity contribution >= 4 is 22.9 Å². The van der Waals surface area contributed by atoms with Crippen LogP contribution in [0.2, 0.25) is 4.34 Å². The van der Waals surface area contributed by atoms with Crippen LogP contribution in [0.1, 0.15) is 36.7 Å². The summed E-state index contributed by atoms with van der Waals surface area (Å²) < 4.78 is 0.773. The molecule has 0 amide bonds. The Balaban J connectivity index is 1.74. The van der Waals surface area contributed by atoms with Gasteiger partial charge >= 0.3 is 0 Å². The van der Waals surface area contributed by atoms with Gasteiger partial charge in [-0.25, -0.2) is 0 Å². The van der Waals surface area contributed by atoms with Crippen molar-refractivity contribution in [1.29, 1.82) is 0 Å². The monoisotopic (exact) mass is 271 g/mol. The smallest absolute Gasteiger partial charge is 0.0932 e. The number of nitrogens with zero attached hydrogens (tertiary/aromatic N) is 1. The van der Waals surface area contributed by atoms with Crippen molar-refractivity contribution in [2.75, 3.05) is 7.05 Å². The van der Waals surface area contributed by atoms with Crippen molar-refractivity contribution in [3.8, 4) is 0 Å². The third-order valence-corrected chi connectivity index (χ3v) is 5.77. The van der Waals surface area contributed by atoms with E-state index in [2.05, 4.69) is 11.9 Å². The first-order valence-electron chi connectivity index (χ1n) is 6.30. The molecule has 3 rings (SSSR count). The highest BCUT2D eigenvalue weighted by molar-refractivity contribution is 7.16. The Bertz CT molecular complexity index is 394. The molecule has 1 aromatic heterocycles. The highest BCUT2D eigenvalue weighted by Gasteiger charge is 2.41. The van der Waals surface area contributed by atoms with Gasteiger partial charge in [0.1, 0.15) is 0 Å². The molecule has 2 fully saturated rings. The average molecular weight is 272 g/mol. The summed E-state index contributed by atoms with van der Waals surface area (Å²) in [4.78, 5) is 3.54. The van der Waals surface area contributed by atoms with Crippen molar-refractivity contribution < 1.29 is 5.11 Å². The minimum absolute atomic E-state index is 0.315. The van der Waals surface area contributed by atoms with Gasteiger partial charge in [-0.2, -0.15) is 0 Å². The molecule has 94 valence electrons. The molecule has 3 unspecified atom stereocenters.